The van der Waals surface area contributed by atoms with Crippen LogP contribution in [0.2, 0.25) is 0 Å². The standard InChI is InChI=1S/5C7H6N3.5C6H5.C5H11NO.C5H10O.C4H8O2.C4H8O.2C3H7I.C3H8.C2H6.2C2H5.CH3I.CH5N.CO2.2CH4.5HI.2V.5Y/c5*1-6-8-9-7-4-2-3-5-10(6)7;5*1-2-4-6-5-3-1;1-4(2)5(7)6-3;1-4(2)5(3)6;1-3(2)4(5)6;1-3-4(2)5;1-3(2)4;1-2-3-4;1-3-2;5*1-2;2-1-3;;;;;;;;;;;;;;/h5*2,4-5H,1H3;5*1-5H;4H,1-3H3,(H,6,7);4H,1-3H3;3H,1-2H3,(H,5,6);3H2,1-2H3;3H,1-2H3;2-3H2,1H3;3H2,1-2H3;1-2H3;2*1H2,2H3;1H3;2H2,1H3;;2*1H4;5*1H;;;;;;;/q10*-1;;;;;;;;;2*-1;;;;;;;;;;;+2;+3;;;;;/p-5. The molecule has 24 nitrogen and oxygen atoms in total. The van der Waals surface area contributed by atoms with Crippen LogP contribution in [0.1, 0.15) is 188 Å². The maximum Gasteiger partial charge on any atom is 0 e. The van der Waals surface area contributed by atoms with E-state index < -0.39 is 5.97 Å². The summed E-state index contributed by atoms with van der Waals surface area (Å²) in [4.78, 5) is 58.0. The van der Waals surface area contributed by atoms with Gasteiger partial charge in [0.2, 0.25) is 5.91 Å². The molecule has 10 aromatic heterocycles. The third-order valence-electron chi connectivity index (χ3n) is 12.9. The van der Waals surface area contributed by atoms with Crippen LogP contribution in [0.4, 0.5) is 0 Å². The largest absolute Gasteiger partial charge is 0.184 e. The number of hydrogen-bond acceptors (Lipinski definition) is 17. The van der Waals surface area contributed by atoms with Crippen molar-refractivity contribution < 1.29 is 212 Å². The van der Waals surface area contributed by atoms with Gasteiger partial charge in [-0.3, -0.25) is 14.4 Å². The molecule has 15 rings (SSSR count). The van der Waals surface area contributed by atoms with Crippen LogP contribution in [0.5, 0.6) is 0 Å². The SMILES string of the molecule is C.C.CC.CC(=O)C(C)C.CC(C)C(=O)O.CC(C)I.CCC.CCC(C)=O.CCCI.CI.CN.CNC(=O)C(C)C.Cc1nnc2cc[c-]cn12.Cc1nnc2cc[c-]cn12.Cc1nnc2cc[c-]cn12.Cc1nnc2cc[c-]cn12.Cc1nnc2cc[c-]cn12.O=C=O.[CH2-]C.[CH2-]C.[I][V]([I])[I].[I][V][I].[Y].[Y].[Y].[Y].[Y].[c-]1ccccc1.[c-]1ccccc1.[c-]1ccccc1.[c-]1ccccc1.[c-]1ccccc1. The number of ketones is 2. The van der Waals surface area contributed by atoms with Crippen molar-refractivity contribution in [3.63, 3.8) is 0 Å². The molecule has 142 heavy (non-hydrogen) atoms. The molecule has 5 aromatic carbocycles. The van der Waals surface area contributed by atoms with Gasteiger partial charge in [0, 0.05) is 193 Å². The third kappa shape index (κ3) is 125. The number of benzene rings is 5. The molecular weight excluding hydrogens is 3150 g/mol. The van der Waals surface area contributed by atoms with Crippen LogP contribution in [0.3, 0.4) is 0 Å². The van der Waals surface area contributed by atoms with E-state index in [-0.39, 0.29) is 225 Å². The third-order valence-corrected chi connectivity index (χ3v) is 14.0. The second kappa shape index (κ2) is 142. The minimum atomic E-state index is -0.741. The Hall–Kier alpha value is -0.652. The van der Waals surface area contributed by atoms with Crippen LogP contribution in [0.25, 0.3) is 28.2 Å². The molecule has 0 aliphatic carbocycles. The molecule has 39 heteroatoms. The number of carboxylic acid groups (broad SMARTS) is 1. The van der Waals surface area contributed by atoms with Gasteiger partial charge in [-0.15, -0.1) is 25.5 Å². The number of aryl methyl sites for hydroxylation is 5. The van der Waals surface area contributed by atoms with Crippen LogP contribution in [0, 0.1) is 127 Å². The van der Waals surface area contributed by atoms with Crippen molar-refractivity contribution in [2.45, 2.75) is 197 Å². The summed E-state index contributed by atoms with van der Waals surface area (Å²) >= 11 is 19.0. The summed E-state index contributed by atoms with van der Waals surface area (Å²) in [6.45, 7) is 50.1. The quantitative estimate of drug-likeness (QED) is 0.0819. The fourth-order valence-corrected chi connectivity index (χ4v) is 6.49. The summed E-state index contributed by atoms with van der Waals surface area (Å²) in [5.41, 5.74) is 8.86. The van der Waals surface area contributed by atoms with Gasteiger partial charge in [0.15, 0.2) is 0 Å². The number of hydrogen-bond donors (Lipinski definition) is 3. The van der Waals surface area contributed by atoms with E-state index in [9.17, 15) is 19.2 Å². The van der Waals surface area contributed by atoms with Crippen LogP contribution in [0.15, 0.2) is 243 Å². The maximum absolute atomic E-state index is 10.4. The predicted octanol–water partition coefficient (Wildman–Crippen LogP) is 28.5. The van der Waals surface area contributed by atoms with Crippen LogP contribution in [-0.2, 0) is 207 Å². The number of rotatable bonds is 5. The number of amides is 1. The average molecular weight is 3300 g/mol. The fourth-order valence-electron chi connectivity index (χ4n) is 6.49. The molecule has 4 N–H and O–H groups in total. The normalized spacial score (nSPS) is 8.10. The minimum absolute atomic E-state index is 0. The first kappa shape index (κ1) is 180. The number of Topliss-reactive ketones (excluding diaryl/α,β-unsaturated/α-hetero) is 2. The zero-order chi connectivity index (χ0) is 105. The summed E-state index contributed by atoms with van der Waals surface area (Å²) in [6.07, 6.45) is 12.6. The summed E-state index contributed by atoms with van der Waals surface area (Å²) in [5, 5.41) is 49.5. The number of pyridine rings is 5. The predicted molar refractivity (Wildman–Crippen MR) is 633 cm³/mol. The number of carbonyl (C=O) groups excluding carboxylic acids is 5. The van der Waals surface area contributed by atoms with Crippen LogP contribution >= 0.6 is 168 Å². The van der Waals surface area contributed by atoms with E-state index in [1.54, 1.807) is 48.6 Å². The Balaban J connectivity index is -0.0000000774. The number of fused-ring (bicyclic) bond motifs is 5. The molecule has 0 saturated heterocycles. The summed E-state index contributed by atoms with van der Waals surface area (Å²) in [7, 11) is 3.77. The fraction of sp³-hybridized carbons (Fsp3) is 0.350. The van der Waals surface area contributed by atoms with Gasteiger partial charge < -0.3 is 56.8 Å². The Bertz CT molecular complexity index is 4240. The molecule has 15 aromatic rings. The van der Waals surface area contributed by atoms with E-state index >= 15 is 0 Å². The summed E-state index contributed by atoms with van der Waals surface area (Å²) < 4.78 is 11.5. The molecule has 0 fully saturated rings. The van der Waals surface area contributed by atoms with E-state index in [1.807, 2.05) is 353 Å². The number of carboxylic acids is 1. The first-order chi connectivity index (χ1) is 64.7. The van der Waals surface area contributed by atoms with Gasteiger partial charge >= 0.3 is 126 Å². The van der Waals surface area contributed by atoms with Crippen LogP contribution < -0.4 is 11.1 Å². The number of nitrogens with one attached hydrogen (secondary N) is 1. The molecule has 0 aliphatic heterocycles. The Morgan fingerprint density at radius 2 is 0.556 bits per heavy atom. The van der Waals surface area contributed by atoms with E-state index in [4.69, 9.17) is 14.7 Å². The Morgan fingerprint density at radius 1 is 0.415 bits per heavy atom. The van der Waals surface area contributed by atoms with Crippen molar-refractivity contribution in [1.82, 2.24) is 78.3 Å². The molecule has 0 spiro atoms. The number of carbonyl (C=O) groups is 4. The number of halogens is 8. The van der Waals surface area contributed by atoms with Crippen molar-refractivity contribution in [3.8, 4) is 0 Å². The minimum Gasteiger partial charge on any atom is -0.184 e. The molecule has 0 atom stereocenters. The average Bonchev–Trinajstić information content (AvgIpc) is 1.74. The zero-order valence-corrected chi connectivity index (χ0v) is 120. The Morgan fingerprint density at radius 3 is 0.620 bits per heavy atom. The first-order valence-electron chi connectivity index (χ1n) is 41.9. The van der Waals surface area contributed by atoms with Crippen molar-refractivity contribution >= 4 is 225 Å². The molecule has 0 unspecified atom stereocenters. The Kier molecular flexibility index (Phi) is 181. The first-order valence-corrected chi connectivity index (χ1v) is 69.3. The van der Waals surface area contributed by atoms with Crippen molar-refractivity contribution in [2.24, 2.45) is 23.5 Å². The topological polar surface area (TPSA) is 312 Å². The van der Waals surface area contributed by atoms with E-state index in [1.165, 1.54) is 24.3 Å². The molecule has 778 valence electrons. The van der Waals surface area contributed by atoms with Gasteiger partial charge in [0.05, 0.1) is 34.2 Å². The van der Waals surface area contributed by atoms with Gasteiger partial charge in [-0.2, -0.15) is 261 Å². The molecular formula is C103H146I8N17O7V2Y5-12. The molecule has 0 bridgehead atoms. The van der Waals surface area contributed by atoms with Gasteiger partial charge in [0.25, 0.3) is 0 Å². The molecule has 5 radical (unpaired) electrons. The van der Waals surface area contributed by atoms with Gasteiger partial charge in [-0.1, -0.05) is 217 Å². The molecule has 0 aliphatic rings. The van der Waals surface area contributed by atoms with Crippen LogP contribution in [-0.4, -0.2) is 135 Å². The molecule has 0 saturated carbocycles. The number of nitrogens with zero attached hydrogens (tertiary/aromatic N) is 15. The van der Waals surface area contributed by atoms with E-state index in [0.717, 1.165) is 61.3 Å². The van der Waals surface area contributed by atoms with Crippen molar-refractivity contribution in [2.75, 3.05) is 23.5 Å². The number of aliphatic carboxylic acids is 1. The second-order valence-electron chi connectivity index (χ2n) is 24.7. The van der Waals surface area contributed by atoms with Crippen molar-refractivity contribution in [3.05, 3.63) is 347 Å². The monoisotopic (exact) mass is 3290 g/mol. The van der Waals surface area contributed by atoms with Gasteiger partial charge in [-0.05, 0) is 71.3 Å². The van der Waals surface area contributed by atoms with E-state index in [2.05, 4.69) is 339 Å². The van der Waals surface area contributed by atoms with E-state index in [0.29, 0.717) is 15.9 Å². The number of alkyl halides is 3. The summed E-state index contributed by atoms with van der Waals surface area (Å²) in [6, 6.07) is 95.7. The van der Waals surface area contributed by atoms with Crippen molar-refractivity contribution in [1.29, 1.82) is 0 Å². The number of aromatic nitrogens is 15. The number of nitrogens with two attached hydrogens (primary N) is 1. The van der Waals surface area contributed by atoms with Gasteiger partial charge in [0.1, 0.15) is 40.7 Å². The Labute approximate surface area is 1090 Å². The molecule has 10 heterocycles. The zero-order valence-electron chi connectivity index (χ0n) is 85.6. The molecule has 1 amide bonds. The smallest absolute Gasteiger partial charge is 0 e. The maximum atomic E-state index is 10.4. The van der Waals surface area contributed by atoms with Gasteiger partial charge in [-0.25, -0.2) is 60.7 Å². The second-order valence-corrected chi connectivity index (χ2v) is 75.5. The summed E-state index contributed by atoms with van der Waals surface area (Å²) in [5.74, 6) is 4.44.